The molecule has 8 nitrogen and oxygen atoms in total. The number of rotatable bonds is 4. The molecule has 0 aliphatic carbocycles. The zero-order valence-electron chi connectivity index (χ0n) is 15.9. The number of nitrogens with one attached hydrogen (secondary N) is 2. The number of hydrogen-bond donors (Lipinski definition) is 2. The number of carbonyl (C=O) groups is 1. The molecule has 0 spiro atoms. The summed E-state index contributed by atoms with van der Waals surface area (Å²) in [7, 11) is 0. The molecule has 1 aromatic carbocycles. The smallest absolute Gasteiger partial charge is 0.251 e. The van der Waals surface area contributed by atoms with Crippen molar-refractivity contribution in [3.05, 3.63) is 76.7 Å². The minimum absolute atomic E-state index is 0.104. The summed E-state index contributed by atoms with van der Waals surface area (Å²) >= 11 is 0. The molecule has 8 heteroatoms. The summed E-state index contributed by atoms with van der Waals surface area (Å²) in [5, 5.41) is 10.7. The van der Waals surface area contributed by atoms with Crippen LogP contribution in [0.1, 0.15) is 29.6 Å². The van der Waals surface area contributed by atoms with Gasteiger partial charge in [0.1, 0.15) is 18.7 Å². The van der Waals surface area contributed by atoms with Crippen molar-refractivity contribution < 1.29 is 4.79 Å². The molecule has 3 atom stereocenters. The Morgan fingerprint density at radius 1 is 1.17 bits per heavy atom. The zero-order chi connectivity index (χ0) is 19.8. The molecule has 0 saturated carbocycles. The number of fused-ring (bicyclic) bond motifs is 4. The summed E-state index contributed by atoms with van der Waals surface area (Å²) in [6.07, 6.45) is 4.03. The minimum Gasteiger partial charge on any atom is -0.350 e. The Hall–Kier alpha value is -3.26. The van der Waals surface area contributed by atoms with Crippen LogP contribution in [-0.2, 0) is 11.3 Å². The first-order valence-electron chi connectivity index (χ1n) is 9.85. The van der Waals surface area contributed by atoms with E-state index >= 15 is 0 Å². The number of nitrogens with zero attached hydrogens (tertiary/aromatic N) is 4. The number of aromatic nitrogens is 4. The quantitative estimate of drug-likeness (QED) is 0.693. The van der Waals surface area contributed by atoms with Gasteiger partial charge >= 0.3 is 0 Å². The predicted molar refractivity (Wildman–Crippen MR) is 107 cm³/mol. The standard InChI is InChI=1S/C21H22N6O2/c28-19-7-3-6-18-15-8-16(10-22-9-15)20(27(18)19)21(29)24-11-14-4-1-2-5-17(14)26-13-23-12-25-26/h1-7,12-13,15-16,20,22H,8-11H2,(H,24,29)/t15-,16+,20-/m1/s1. The van der Waals surface area contributed by atoms with E-state index in [0.29, 0.717) is 6.54 Å². The van der Waals surface area contributed by atoms with Gasteiger partial charge in [0.2, 0.25) is 5.91 Å². The van der Waals surface area contributed by atoms with Gasteiger partial charge in [0.25, 0.3) is 5.56 Å². The SMILES string of the molecule is O=C(NCc1ccccc1-n1cncn1)[C@H]1[C@@H]2CNC[C@@H](C2)c2cccc(=O)n21. The number of benzene rings is 1. The molecule has 1 amide bonds. The monoisotopic (exact) mass is 390 g/mol. The van der Waals surface area contributed by atoms with E-state index in [1.807, 2.05) is 30.3 Å². The van der Waals surface area contributed by atoms with Gasteiger partial charge in [0.15, 0.2) is 0 Å². The van der Waals surface area contributed by atoms with Gasteiger partial charge in [-0.25, -0.2) is 9.67 Å². The Bertz CT molecular complexity index is 1090. The average molecular weight is 390 g/mol. The fourth-order valence-corrected chi connectivity index (χ4v) is 4.63. The highest BCUT2D eigenvalue weighted by Crippen LogP contribution is 2.38. The molecule has 2 N–H and O–H groups in total. The van der Waals surface area contributed by atoms with E-state index < -0.39 is 6.04 Å². The van der Waals surface area contributed by atoms with Gasteiger partial charge in [-0.1, -0.05) is 24.3 Å². The lowest BCUT2D eigenvalue weighted by atomic mass is 9.79. The van der Waals surface area contributed by atoms with Crippen LogP contribution in [0.15, 0.2) is 59.9 Å². The number of amides is 1. The van der Waals surface area contributed by atoms with Crippen molar-refractivity contribution in [1.29, 1.82) is 0 Å². The molecule has 1 fully saturated rings. The maximum Gasteiger partial charge on any atom is 0.251 e. The Morgan fingerprint density at radius 2 is 2.07 bits per heavy atom. The van der Waals surface area contributed by atoms with Crippen LogP contribution in [0.4, 0.5) is 0 Å². The van der Waals surface area contributed by atoms with Crippen LogP contribution >= 0.6 is 0 Å². The third-order valence-corrected chi connectivity index (χ3v) is 5.93. The summed E-state index contributed by atoms with van der Waals surface area (Å²) < 4.78 is 3.38. The largest absolute Gasteiger partial charge is 0.350 e. The molecule has 2 aromatic heterocycles. The van der Waals surface area contributed by atoms with E-state index in [4.69, 9.17) is 0 Å². The first-order chi connectivity index (χ1) is 14.2. The second-order valence-corrected chi connectivity index (χ2v) is 7.64. The Morgan fingerprint density at radius 3 is 2.93 bits per heavy atom. The number of piperidine rings is 1. The van der Waals surface area contributed by atoms with Crippen LogP contribution in [-0.4, -0.2) is 38.3 Å². The number of hydrogen-bond acceptors (Lipinski definition) is 5. The Balaban J connectivity index is 1.43. The topological polar surface area (TPSA) is 93.8 Å². The minimum atomic E-state index is -0.499. The highest BCUT2D eigenvalue weighted by molar-refractivity contribution is 5.81. The molecule has 0 unspecified atom stereocenters. The van der Waals surface area contributed by atoms with Crippen molar-refractivity contribution in [3.8, 4) is 5.69 Å². The second-order valence-electron chi connectivity index (χ2n) is 7.64. The number of para-hydroxylation sites is 1. The summed E-state index contributed by atoms with van der Waals surface area (Å²) in [5.41, 5.74) is 2.64. The molecule has 2 aliphatic rings. The zero-order valence-corrected chi connectivity index (χ0v) is 15.9. The molecule has 3 aromatic rings. The van der Waals surface area contributed by atoms with Gasteiger partial charge in [-0.15, -0.1) is 0 Å². The van der Waals surface area contributed by atoms with E-state index in [1.54, 1.807) is 21.6 Å². The fraction of sp³-hybridized carbons (Fsp3) is 0.333. The van der Waals surface area contributed by atoms with Gasteiger partial charge in [-0.05, 0) is 24.1 Å². The lowest BCUT2D eigenvalue weighted by Gasteiger charge is -2.42. The van der Waals surface area contributed by atoms with Gasteiger partial charge in [-0.2, -0.15) is 5.10 Å². The first kappa shape index (κ1) is 17.8. The van der Waals surface area contributed by atoms with Crippen molar-refractivity contribution >= 4 is 5.91 Å². The fourth-order valence-electron chi connectivity index (χ4n) is 4.63. The third-order valence-electron chi connectivity index (χ3n) is 5.93. The maximum absolute atomic E-state index is 13.3. The molecule has 29 heavy (non-hydrogen) atoms. The van der Waals surface area contributed by atoms with Crippen molar-refractivity contribution in [3.63, 3.8) is 0 Å². The van der Waals surface area contributed by atoms with Crippen LogP contribution in [0.25, 0.3) is 5.69 Å². The molecule has 2 bridgehead atoms. The molecule has 0 radical (unpaired) electrons. The highest BCUT2D eigenvalue weighted by Gasteiger charge is 2.41. The predicted octanol–water partition coefficient (Wildman–Crippen LogP) is 0.993. The summed E-state index contributed by atoms with van der Waals surface area (Å²) in [6, 6.07) is 12.5. The van der Waals surface area contributed by atoms with E-state index in [-0.39, 0.29) is 23.3 Å². The molecule has 4 heterocycles. The normalized spacial score (nSPS) is 22.7. The summed E-state index contributed by atoms with van der Waals surface area (Å²) in [4.78, 5) is 29.9. The van der Waals surface area contributed by atoms with Gasteiger partial charge in [0, 0.05) is 43.2 Å². The van der Waals surface area contributed by atoms with Crippen LogP contribution in [0.5, 0.6) is 0 Å². The van der Waals surface area contributed by atoms with Crippen LogP contribution in [0.3, 0.4) is 0 Å². The molecule has 5 rings (SSSR count). The number of pyridine rings is 1. The van der Waals surface area contributed by atoms with Gasteiger partial charge in [0.05, 0.1) is 5.69 Å². The highest BCUT2D eigenvalue weighted by atomic mass is 16.2. The van der Waals surface area contributed by atoms with Crippen LogP contribution in [0, 0.1) is 5.92 Å². The summed E-state index contributed by atoms with van der Waals surface area (Å²) in [5.74, 6) is 0.256. The van der Waals surface area contributed by atoms with Crippen molar-refractivity contribution in [2.45, 2.75) is 24.9 Å². The van der Waals surface area contributed by atoms with Crippen LogP contribution < -0.4 is 16.2 Å². The van der Waals surface area contributed by atoms with Crippen LogP contribution in [0.2, 0.25) is 0 Å². The van der Waals surface area contributed by atoms with E-state index in [9.17, 15) is 9.59 Å². The van der Waals surface area contributed by atoms with E-state index in [0.717, 1.165) is 36.5 Å². The van der Waals surface area contributed by atoms with Crippen molar-refractivity contribution in [2.75, 3.05) is 13.1 Å². The van der Waals surface area contributed by atoms with E-state index in [2.05, 4.69) is 20.7 Å². The first-order valence-corrected chi connectivity index (χ1v) is 9.85. The average Bonchev–Trinajstić information content (AvgIpc) is 3.28. The third kappa shape index (κ3) is 3.15. The lowest BCUT2D eigenvalue weighted by Crippen LogP contribution is -2.52. The van der Waals surface area contributed by atoms with Crippen molar-refractivity contribution in [1.82, 2.24) is 30.0 Å². The van der Waals surface area contributed by atoms with Gasteiger partial charge < -0.3 is 10.6 Å². The Kier molecular flexibility index (Phi) is 4.48. The van der Waals surface area contributed by atoms with Crippen molar-refractivity contribution in [2.24, 2.45) is 5.92 Å². The summed E-state index contributed by atoms with van der Waals surface area (Å²) in [6.45, 7) is 1.94. The number of carbonyl (C=O) groups excluding carboxylic acids is 1. The van der Waals surface area contributed by atoms with E-state index in [1.165, 1.54) is 12.4 Å². The Labute approximate surface area is 167 Å². The maximum atomic E-state index is 13.3. The molecule has 2 aliphatic heterocycles. The lowest BCUT2D eigenvalue weighted by molar-refractivity contribution is -0.127. The molecule has 148 valence electrons. The molecular formula is C21H22N6O2. The second kappa shape index (κ2) is 7.29. The molecule has 1 saturated heterocycles. The van der Waals surface area contributed by atoms with Gasteiger partial charge in [-0.3, -0.25) is 14.2 Å². The molecular weight excluding hydrogens is 368 g/mol.